The molecule has 0 saturated carbocycles. The van der Waals surface area contributed by atoms with E-state index in [1.807, 2.05) is 0 Å². The zero-order valence-corrected chi connectivity index (χ0v) is 13.1. The molecular weight excluding hydrogens is 359 g/mol. The number of alkyl halides is 3. The van der Waals surface area contributed by atoms with Gasteiger partial charge in [0, 0.05) is 10.6 Å². The first-order valence-electron chi connectivity index (χ1n) is 6.90. The van der Waals surface area contributed by atoms with Crippen molar-refractivity contribution < 1.29 is 23.1 Å². The molecule has 0 amide bonds. The third-order valence-electron chi connectivity index (χ3n) is 3.41. The number of nitrogens with zero attached hydrogens (tertiary/aromatic N) is 3. The largest absolute Gasteiger partial charge is 0.476 e. The maximum absolute atomic E-state index is 12.9. The van der Waals surface area contributed by atoms with Crippen LogP contribution in [0.2, 0.25) is 5.02 Å². The second kappa shape index (κ2) is 6.21. The molecule has 0 aliphatic rings. The van der Waals surface area contributed by atoms with Crippen molar-refractivity contribution in [2.24, 2.45) is 0 Å². The molecule has 0 atom stereocenters. The fraction of sp³-hybridized carbons (Fsp3) is 0.0625. The molecule has 0 radical (unpaired) electrons. The zero-order valence-electron chi connectivity index (χ0n) is 12.3. The van der Waals surface area contributed by atoms with Gasteiger partial charge < -0.3 is 5.11 Å². The molecule has 9 heteroatoms. The molecule has 0 saturated heterocycles. The fourth-order valence-electron chi connectivity index (χ4n) is 2.29. The van der Waals surface area contributed by atoms with Crippen molar-refractivity contribution >= 4 is 17.6 Å². The van der Waals surface area contributed by atoms with Gasteiger partial charge >= 0.3 is 12.1 Å². The van der Waals surface area contributed by atoms with E-state index in [4.69, 9.17) is 11.6 Å². The lowest BCUT2D eigenvalue weighted by atomic mass is 10.1. The Labute approximate surface area is 144 Å². The minimum absolute atomic E-state index is 0.0415. The molecule has 0 unspecified atom stereocenters. The Morgan fingerprint density at radius 2 is 1.80 bits per heavy atom. The predicted octanol–water partition coefficient (Wildman–Crippen LogP) is 4.30. The van der Waals surface area contributed by atoms with Gasteiger partial charge in [-0.05, 0) is 30.3 Å². The summed E-state index contributed by atoms with van der Waals surface area (Å²) < 4.78 is 39.9. The zero-order chi connectivity index (χ0) is 18.2. The molecule has 1 aromatic heterocycles. The van der Waals surface area contributed by atoms with Crippen molar-refractivity contribution in [3.8, 4) is 16.9 Å². The first kappa shape index (κ1) is 17.0. The third-order valence-corrected chi connectivity index (χ3v) is 3.66. The first-order chi connectivity index (χ1) is 11.8. The summed E-state index contributed by atoms with van der Waals surface area (Å²) in [5.74, 6) is -1.34. The molecule has 3 aromatic rings. The number of benzene rings is 2. The average Bonchev–Trinajstić information content (AvgIpc) is 3.00. The second-order valence-electron chi connectivity index (χ2n) is 5.06. The lowest BCUT2D eigenvalue weighted by Crippen LogP contribution is -2.07. The summed E-state index contributed by atoms with van der Waals surface area (Å²) in [5, 5.41) is 17.0. The Hall–Kier alpha value is -2.87. The van der Waals surface area contributed by atoms with Crippen LogP contribution in [-0.4, -0.2) is 26.1 Å². The Balaban J connectivity index is 2.21. The summed E-state index contributed by atoms with van der Waals surface area (Å²) in [4.78, 5) is 11.4. The molecule has 0 aliphatic carbocycles. The number of carboxylic acid groups (broad SMARTS) is 1. The fourth-order valence-corrected chi connectivity index (χ4v) is 2.41. The lowest BCUT2D eigenvalue weighted by Gasteiger charge is -2.11. The minimum atomic E-state index is -4.54. The van der Waals surface area contributed by atoms with E-state index in [2.05, 4.69) is 10.3 Å². The van der Waals surface area contributed by atoms with Crippen molar-refractivity contribution in [1.29, 1.82) is 0 Å². The lowest BCUT2D eigenvalue weighted by molar-refractivity contribution is -0.137. The SMILES string of the molecule is O=C(O)c1nnn(-c2cccc(C(F)(F)F)c2)c1-c1ccc(Cl)cc1. The summed E-state index contributed by atoms with van der Waals surface area (Å²) in [6.07, 6.45) is -4.54. The van der Waals surface area contributed by atoms with E-state index in [1.54, 1.807) is 0 Å². The number of rotatable bonds is 3. The molecule has 3 rings (SSSR count). The maximum atomic E-state index is 12.9. The summed E-state index contributed by atoms with van der Waals surface area (Å²) in [5.41, 5.74) is -0.744. The van der Waals surface area contributed by atoms with E-state index in [0.717, 1.165) is 16.8 Å². The molecule has 1 N–H and O–H groups in total. The molecule has 0 aliphatic heterocycles. The number of hydrogen-bond donors (Lipinski definition) is 1. The third kappa shape index (κ3) is 3.34. The Bertz CT molecular complexity index is 937. The molecule has 25 heavy (non-hydrogen) atoms. The molecule has 128 valence electrons. The molecule has 0 bridgehead atoms. The van der Waals surface area contributed by atoms with Crippen LogP contribution in [0.25, 0.3) is 16.9 Å². The van der Waals surface area contributed by atoms with Gasteiger partial charge in [-0.3, -0.25) is 0 Å². The quantitative estimate of drug-likeness (QED) is 0.749. The average molecular weight is 368 g/mol. The van der Waals surface area contributed by atoms with Crippen molar-refractivity contribution in [2.45, 2.75) is 6.18 Å². The standard InChI is InChI=1S/C16H9ClF3N3O2/c17-11-6-4-9(5-7-11)14-13(15(24)25)21-22-23(14)12-3-1-2-10(8-12)16(18,19)20/h1-8H,(H,24,25). The topological polar surface area (TPSA) is 68.0 Å². The van der Waals surface area contributed by atoms with E-state index in [9.17, 15) is 23.1 Å². The Kier molecular flexibility index (Phi) is 4.22. The van der Waals surface area contributed by atoms with Gasteiger partial charge in [-0.2, -0.15) is 13.2 Å². The van der Waals surface area contributed by atoms with Gasteiger partial charge in [0.05, 0.1) is 11.3 Å². The van der Waals surface area contributed by atoms with Gasteiger partial charge in [0.2, 0.25) is 0 Å². The number of carboxylic acids is 1. The second-order valence-corrected chi connectivity index (χ2v) is 5.50. The molecule has 2 aromatic carbocycles. The van der Waals surface area contributed by atoms with E-state index < -0.39 is 17.7 Å². The predicted molar refractivity (Wildman–Crippen MR) is 83.8 cm³/mol. The van der Waals surface area contributed by atoms with E-state index in [-0.39, 0.29) is 17.1 Å². The van der Waals surface area contributed by atoms with Gasteiger partial charge in [-0.1, -0.05) is 35.0 Å². The van der Waals surface area contributed by atoms with Gasteiger partial charge in [-0.25, -0.2) is 9.48 Å². The number of aromatic carboxylic acids is 1. The highest BCUT2D eigenvalue weighted by atomic mass is 35.5. The minimum Gasteiger partial charge on any atom is -0.476 e. The highest BCUT2D eigenvalue weighted by Crippen LogP contribution is 2.32. The van der Waals surface area contributed by atoms with Crippen LogP contribution < -0.4 is 0 Å². The molecular formula is C16H9ClF3N3O2. The van der Waals surface area contributed by atoms with Crippen LogP contribution in [0.1, 0.15) is 16.1 Å². The maximum Gasteiger partial charge on any atom is 0.416 e. The highest BCUT2D eigenvalue weighted by Gasteiger charge is 2.31. The van der Waals surface area contributed by atoms with Crippen LogP contribution in [0.5, 0.6) is 0 Å². The van der Waals surface area contributed by atoms with Crippen molar-refractivity contribution in [3.05, 3.63) is 64.8 Å². The van der Waals surface area contributed by atoms with Gasteiger partial charge in [0.25, 0.3) is 0 Å². The van der Waals surface area contributed by atoms with Crippen molar-refractivity contribution in [3.63, 3.8) is 0 Å². The number of hydrogen-bond acceptors (Lipinski definition) is 3. The van der Waals surface area contributed by atoms with Crippen LogP contribution >= 0.6 is 11.6 Å². The van der Waals surface area contributed by atoms with Crippen LogP contribution in [0, 0.1) is 0 Å². The molecule has 5 nitrogen and oxygen atoms in total. The Morgan fingerprint density at radius 1 is 1.12 bits per heavy atom. The summed E-state index contributed by atoms with van der Waals surface area (Å²) >= 11 is 5.82. The monoisotopic (exact) mass is 367 g/mol. The highest BCUT2D eigenvalue weighted by molar-refractivity contribution is 6.30. The summed E-state index contributed by atoms with van der Waals surface area (Å²) in [6.45, 7) is 0. The van der Waals surface area contributed by atoms with Gasteiger partial charge in [0.1, 0.15) is 5.69 Å². The smallest absolute Gasteiger partial charge is 0.416 e. The number of halogens is 4. The van der Waals surface area contributed by atoms with E-state index in [1.165, 1.54) is 36.4 Å². The number of aromatic nitrogens is 3. The Morgan fingerprint density at radius 3 is 2.40 bits per heavy atom. The normalized spacial score (nSPS) is 11.5. The van der Waals surface area contributed by atoms with Crippen LogP contribution in [0.15, 0.2) is 48.5 Å². The van der Waals surface area contributed by atoms with Crippen LogP contribution in [-0.2, 0) is 6.18 Å². The van der Waals surface area contributed by atoms with E-state index in [0.29, 0.717) is 10.6 Å². The van der Waals surface area contributed by atoms with Crippen molar-refractivity contribution in [1.82, 2.24) is 15.0 Å². The van der Waals surface area contributed by atoms with Crippen molar-refractivity contribution in [2.75, 3.05) is 0 Å². The molecule has 1 heterocycles. The van der Waals surface area contributed by atoms with Gasteiger partial charge in [0.15, 0.2) is 5.69 Å². The van der Waals surface area contributed by atoms with Crippen LogP contribution in [0.3, 0.4) is 0 Å². The summed E-state index contributed by atoms with van der Waals surface area (Å²) in [6, 6.07) is 10.5. The summed E-state index contributed by atoms with van der Waals surface area (Å²) in [7, 11) is 0. The van der Waals surface area contributed by atoms with E-state index >= 15 is 0 Å². The van der Waals surface area contributed by atoms with Gasteiger partial charge in [-0.15, -0.1) is 5.10 Å². The molecule has 0 spiro atoms. The molecule has 0 fully saturated rings. The van der Waals surface area contributed by atoms with Crippen LogP contribution in [0.4, 0.5) is 13.2 Å². The first-order valence-corrected chi connectivity index (χ1v) is 7.28. The number of carbonyl (C=O) groups is 1.